The molecule has 3 rings (SSSR count). The largest absolute Gasteiger partial charge is 0.370 e. The van der Waals surface area contributed by atoms with Crippen LogP contribution in [-0.2, 0) is 13.0 Å². The van der Waals surface area contributed by atoms with Crippen LogP contribution >= 0.6 is 24.0 Å². The van der Waals surface area contributed by atoms with Crippen molar-refractivity contribution in [1.29, 1.82) is 0 Å². The predicted octanol–water partition coefficient (Wildman–Crippen LogP) is 4.34. The summed E-state index contributed by atoms with van der Waals surface area (Å²) in [6, 6.07) is 16.5. The standard InChI is InChI=1S/C20H25N5.HI/c1-3-16-8-6-9-17(14-16)24-20(21)22-12-7-13-25-15(2)23-18-10-4-5-11-19(18)25;/h4-6,8-11,14H,3,7,12-13H2,1-2H3,(H3,21,22,24);1H. The van der Waals surface area contributed by atoms with Gasteiger partial charge in [-0.1, -0.05) is 31.2 Å². The molecule has 0 spiro atoms. The molecule has 5 nitrogen and oxygen atoms in total. The molecule has 0 amide bonds. The van der Waals surface area contributed by atoms with Gasteiger partial charge < -0.3 is 15.6 Å². The van der Waals surface area contributed by atoms with Crippen LogP contribution in [-0.4, -0.2) is 22.1 Å². The van der Waals surface area contributed by atoms with Crippen LogP contribution in [0.4, 0.5) is 5.69 Å². The van der Waals surface area contributed by atoms with Crippen molar-refractivity contribution < 1.29 is 0 Å². The normalized spacial score (nSPS) is 11.4. The summed E-state index contributed by atoms with van der Waals surface area (Å²) in [6.45, 7) is 5.74. The second kappa shape index (κ2) is 9.56. The molecule has 3 N–H and O–H groups in total. The number of hydrogen-bond acceptors (Lipinski definition) is 2. The van der Waals surface area contributed by atoms with Crippen LogP contribution in [0.5, 0.6) is 0 Å². The van der Waals surface area contributed by atoms with E-state index in [1.165, 1.54) is 11.1 Å². The van der Waals surface area contributed by atoms with E-state index in [1.807, 2.05) is 37.3 Å². The maximum atomic E-state index is 6.00. The highest BCUT2D eigenvalue weighted by Crippen LogP contribution is 2.15. The fourth-order valence-corrected chi connectivity index (χ4v) is 2.96. The number of halogens is 1. The average Bonchev–Trinajstić information content (AvgIpc) is 2.94. The number of para-hydroxylation sites is 2. The summed E-state index contributed by atoms with van der Waals surface area (Å²) < 4.78 is 2.24. The fraction of sp³-hybridized carbons (Fsp3) is 0.300. The zero-order valence-corrected chi connectivity index (χ0v) is 17.6. The first-order valence-corrected chi connectivity index (χ1v) is 8.75. The van der Waals surface area contributed by atoms with Gasteiger partial charge in [0.2, 0.25) is 0 Å². The molecular formula is C20H26IN5. The van der Waals surface area contributed by atoms with Gasteiger partial charge in [0.15, 0.2) is 5.96 Å². The topological polar surface area (TPSA) is 68.2 Å². The van der Waals surface area contributed by atoms with Gasteiger partial charge in [0.25, 0.3) is 0 Å². The van der Waals surface area contributed by atoms with Crippen molar-refractivity contribution in [2.45, 2.75) is 33.2 Å². The van der Waals surface area contributed by atoms with Crippen LogP contribution in [0.1, 0.15) is 24.7 Å². The Morgan fingerprint density at radius 1 is 1.19 bits per heavy atom. The molecule has 0 atom stereocenters. The lowest BCUT2D eigenvalue weighted by atomic mass is 10.1. The molecule has 1 heterocycles. The molecule has 0 unspecified atom stereocenters. The van der Waals surface area contributed by atoms with Gasteiger partial charge in [-0.05, 0) is 49.6 Å². The van der Waals surface area contributed by atoms with Crippen LogP contribution in [0, 0.1) is 6.92 Å². The van der Waals surface area contributed by atoms with E-state index in [0.29, 0.717) is 12.5 Å². The Morgan fingerprint density at radius 2 is 2.00 bits per heavy atom. The van der Waals surface area contributed by atoms with Gasteiger partial charge in [-0.3, -0.25) is 4.99 Å². The van der Waals surface area contributed by atoms with E-state index >= 15 is 0 Å². The Kier molecular flexibility index (Phi) is 7.44. The maximum Gasteiger partial charge on any atom is 0.193 e. The average molecular weight is 463 g/mol. The number of rotatable bonds is 6. The number of imidazole rings is 1. The number of nitrogens with two attached hydrogens (primary N) is 1. The van der Waals surface area contributed by atoms with E-state index in [2.05, 4.69) is 45.0 Å². The maximum absolute atomic E-state index is 6.00. The van der Waals surface area contributed by atoms with E-state index in [1.54, 1.807) is 0 Å². The molecule has 0 radical (unpaired) electrons. The van der Waals surface area contributed by atoms with E-state index in [-0.39, 0.29) is 24.0 Å². The van der Waals surface area contributed by atoms with E-state index in [9.17, 15) is 0 Å². The minimum atomic E-state index is 0. The zero-order valence-electron chi connectivity index (χ0n) is 15.3. The number of hydrogen-bond donors (Lipinski definition) is 2. The minimum absolute atomic E-state index is 0. The van der Waals surface area contributed by atoms with Crippen LogP contribution in [0.15, 0.2) is 53.5 Å². The molecular weight excluding hydrogens is 437 g/mol. The van der Waals surface area contributed by atoms with Gasteiger partial charge in [-0.2, -0.15) is 0 Å². The van der Waals surface area contributed by atoms with Crippen molar-refractivity contribution in [3.8, 4) is 0 Å². The van der Waals surface area contributed by atoms with E-state index in [0.717, 1.165) is 36.4 Å². The SMILES string of the molecule is CCc1cccc(NC(N)=NCCCn2c(C)nc3ccccc32)c1.I. The lowest BCUT2D eigenvalue weighted by Gasteiger charge is -2.08. The van der Waals surface area contributed by atoms with Gasteiger partial charge in [-0.15, -0.1) is 24.0 Å². The quantitative estimate of drug-likeness (QED) is 0.247. The number of aryl methyl sites for hydroxylation is 3. The molecule has 26 heavy (non-hydrogen) atoms. The van der Waals surface area contributed by atoms with Crippen molar-refractivity contribution in [2.75, 3.05) is 11.9 Å². The third-order valence-corrected chi connectivity index (χ3v) is 4.28. The Balaban J connectivity index is 0.00000243. The van der Waals surface area contributed by atoms with E-state index in [4.69, 9.17) is 5.73 Å². The summed E-state index contributed by atoms with van der Waals surface area (Å²) in [6.07, 6.45) is 1.92. The molecule has 0 saturated heterocycles. The molecule has 0 aliphatic rings. The van der Waals surface area contributed by atoms with Crippen molar-refractivity contribution in [2.24, 2.45) is 10.7 Å². The van der Waals surface area contributed by atoms with Gasteiger partial charge in [0.1, 0.15) is 5.82 Å². The first-order chi connectivity index (χ1) is 12.2. The number of anilines is 1. The Labute approximate surface area is 171 Å². The molecule has 2 aromatic carbocycles. The first kappa shape index (κ1) is 20.2. The fourth-order valence-electron chi connectivity index (χ4n) is 2.96. The summed E-state index contributed by atoms with van der Waals surface area (Å²) in [7, 11) is 0. The number of guanidine groups is 1. The van der Waals surface area contributed by atoms with Gasteiger partial charge in [0, 0.05) is 18.8 Å². The third kappa shape index (κ3) is 4.97. The van der Waals surface area contributed by atoms with Crippen LogP contribution in [0.25, 0.3) is 11.0 Å². The highest BCUT2D eigenvalue weighted by molar-refractivity contribution is 14.0. The molecule has 0 aliphatic carbocycles. The number of aromatic nitrogens is 2. The molecule has 3 aromatic rings. The summed E-state index contributed by atoms with van der Waals surface area (Å²) >= 11 is 0. The van der Waals surface area contributed by atoms with Crippen molar-refractivity contribution in [3.63, 3.8) is 0 Å². The number of aliphatic imine (C=N–C) groups is 1. The predicted molar refractivity (Wildman–Crippen MR) is 120 cm³/mol. The highest BCUT2D eigenvalue weighted by atomic mass is 127. The van der Waals surface area contributed by atoms with Gasteiger partial charge >= 0.3 is 0 Å². The van der Waals surface area contributed by atoms with Crippen LogP contribution in [0.2, 0.25) is 0 Å². The van der Waals surface area contributed by atoms with Gasteiger partial charge in [-0.25, -0.2) is 4.98 Å². The molecule has 0 fully saturated rings. The Hall–Kier alpha value is -2.09. The smallest absolute Gasteiger partial charge is 0.193 e. The lowest BCUT2D eigenvalue weighted by Crippen LogP contribution is -2.23. The number of benzene rings is 2. The molecule has 1 aromatic heterocycles. The van der Waals surface area contributed by atoms with E-state index < -0.39 is 0 Å². The Bertz CT molecular complexity index is 885. The number of nitrogens with one attached hydrogen (secondary N) is 1. The van der Waals surface area contributed by atoms with Crippen molar-refractivity contribution >= 4 is 46.7 Å². The monoisotopic (exact) mass is 463 g/mol. The van der Waals surface area contributed by atoms with Crippen molar-refractivity contribution in [3.05, 3.63) is 59.9 Å². The third-order valence-electron chi connectivity index (χ3n) is 4.28. The van der Waals surface area contributed by atoms with Crippen molar-refractivity contribution in [1.82, 2.24) is 9.55 Å². The highest BCUT2D eigenvalue weighted by Gasteiger charge is 2.05. The Morgan fingerprint density at radius 3 is 2.81 bits per heavy atom. The first-order valence-electron chi connectivity index (χ1n) is 8.75. The summed E-state index contributed by atoms with van der Waals surface area (Å²) in [5.41, 5.74) is 10.5. The van der Waals surface area contributed by atoms with Gasteiger partial charge in [0.05, 0.1) is 11.0 Å². The summed E-state index contributed by atoms with van der Waals surface area (Å²) in [4.78, 5) is 9.02. The van der Waals surface area contributed by atoms with Crippen LogP contribution in [0.3, 0.4) is 0 Å². The molecule has 0 saturated carbocycles. The summed E-state index contributed by atoms with van der Waals surface area (Å²) in [5.74, 6) is 1.49. The molecule has 0 bridgehead atoms. The van der Waals surface area contributed by atoms with Crippen LogP contribution < -0.4 is 11.1 Å². The lowest BCUT2D eigenvalue weighted by molar-refractivity contribution is 0.649. The molecule has 138 valence electrons. The minimum Gasteiger partial charge on any atom is -0.370 e. The number of fused-ring (bicyclic) bond motifs is 1. The number of nitrogens with zero attached hydrogens (tertiary/aromatic N) is 3. The molecule has 0 aliphatic heterocycles. The summed E-state index contributed by atoms with van der Waals surface area (Å²) in [5, 5.41) is 3.16. The zero-order chi connectivity index (χ0) is 17.6. The molecule has 6 heteroatoms. The second-order valence-corrected chi connectivity index (χ2v) is 6.10. The second-order valence-electron chi connectivity index (χ2n) is 6.10.